The average Bonchev–Trinajstić information content (AvgIpc) is 3.48. The molecule has 4 atom stereocenters. The van der Waals surface area contributed by atoms with Gasteiger partial charge >= 0.3 is 0 Å². The van der Waals surface area contributed by atoms with Crippen LogP contribution in [0.15, 0.2) is 164 Å². The molecular formula is C68H69N2O5P. The standard InChI is InChI=1S/C29H35N2O2P.C20H18O.C19H16O2/c1-6-26(33-34(32-20-12-19-30)31(22(2)3)23(4)5)15-11-18-29-27-16-9-7-13-24(27)21-25-14-8-10-17-28(25)29;1-2-17(21)10-7-13-20-18-11-5-3-8-15(18)14-16-9-4-6-12-19(16)20;20-13-16(21)8-5-11-19-17-9-3-1-6-14(17)12-15-7-2-4-10-18(15)19/h7-10,13-14,16-17,21-23,26H,6,12,15,20H2,1-5H3;3-6,8-9,11-12,14,17,21H,2,10H2,1H3;1-4,6-7,9-10,12,16,20-21H,8,13H2/t26-,34?;17-;16-/m110/s1. The van der Waals surface area contributed by atoms with Crippen molar-refractivity contribution in [3.05, 3.63) is 180 Å². The Bertz CT molecular complexity index is 3310. The molecule has 0 saturated heterocycles. The smallest absolute Gasteiger partial charge is 0.259 e. The topological polar surface area (TPSA) is 106 Å². The van der Waals surface area contributed by atoms with Gasteiger partial charge in [0.25, 0.3) is 8.53 Å². The van der Waals surface area contributed by atoms with E-state index in [1.165, 1.54) is 43.1 Å². The van der Waals surface area contributed by atoms with E-state index in [1.54, 1.807) is 0 Å². The molecule has 9 aromatic carbocycles. The molecule has 1 unspecified atom stereocenters. The third-order valence-electron chi connectivity index (χ3n) is 13.0. The highest BCUT2D eigenvalue weighted by molar-refractivity contribution is 7.44. The molecule has 0 amide bonds. The molecule has 8 heteroatoms. The summed E-state index contributed by atoms with van der Waals surface area (Å²) in [5, 5.41) is 50.9. The fourth-order valence-electron chi connectivity index (χ4n) is 9.10. The molecular weight excluding hydrogens is 956 g/mol. The second-order valence-electron chi connectivity index (χ2n) is 19.2. The molecule has 9 aromatic rings. The monoisotopic (exact) mass is 1020 g/mol. The first kappa shape index (κ1) is 56.6. The summed E-state index contributed by atoms with van der Waals surface area (Å²) in [6.45, 7) is 12.8. The second-order valence-corrected chi connectivity index (χ2v) is 20.6. The van der Waals surface area contributed by atoms with Gasteiger partial charge in [-0.2, -0.15) is 5.26 Å². The van der Waals surface area contributed by atoms with E-state index in [4.69, 9.17) is 19.4 Å². The maximum Gasteiger partial charge on any atom is 0.259 e. The summed E-state index contributed by atoms with van der Waals surface area (Å²) < 4.78 is 14.8. The summed E-state index contributed by atoms with van der Waals surface area (Å²) in [6.07, 6.45) is 2.21. The molecule has 0 heterocycles. The number of nitrogens with zero attached hydrogens (tertiary/aromatic N) is 2. The molecule has 76 heavy (non-hydrogen) atoms. The van der Waals surface area contributed by atoms with Gasteiger partial charge in [0.1, 0.15) is 0 Å². The molecule has 0 aliphatic rings. The Hall–Kier alpha value is -7.10. The fraction of sp³-hybridized carbons (Fsp3) is 0.279. The van der Waals surface area contributed by atoms with Crippen LogP contribution in [0, 0.1) is 46.9 Å². The van der Waals surface area contributed by atoms with Crippen molar-refractivity contribution >= 4 is 73.2 Å². The minimum atomic E-state index is -1.27. The highest BCUT2D eigenvalue weighted by Gasteiger charge is 2.29. The van der Waals surface area contributed by atoms with Gasteiger partial charge in [-0.3, -0.25) is 0 Å². The molecule has 0 saturated carbocycles. The summed E-state index contributed by atoms with van der Waals surface area (Å²) in [6, 6.07) is 59.1. The maximum atomic E-state index is 9.66. The van der Waals surface area contributed by atoms with E-state index in [0.29, 0.717) is 25.9 Å². The van der Waals surface area contributed by atoms with Crippen molar-refractivity contribution in [3.63, 3.8) is 0 Å². The van der Waals surface area contributed by atoms with E-state index in [0.717, 1.165) is 51.1 Å². The highest BCUT2D eigenvalue weighted by Crippen LogP contribution is 2.48. The van der Waals surface area contributed by atoms with Crippen LogP contribution in [-0.2, 0) is 9.05 Å². The van der Waals surface area contributed by atoms with Crippen LogP contribution in [0.25, 0.3) is 64.6 Å². The van der Waals surface area contributed by atoms with Crippen molar-refractivity contribution in [1.29, 1.82) is 5.26 Å². The highest BCUT2D eigenvalue weighted by atomic mass is 31.2. The quantitative estimate of drug-likeness (QED) is 0.0431. The van der Waals surface area contributed by atoms with E-state index >= 15 is 0 Å². The number of nitriles is 1. The number of fused-ring (bicyclic) bond motifs is 6. The summed E-state index contributed by atoms with van der Waals surface area (Å²) in [5.41, 5.74) is 3.11. The van der Waals surface area contributed by atoms with Gasteiger partial charge in [-0.05, 0) is 123 Å². The third-order valence-corrected chi connectivity index (χ3v) is 15.2. The molecule has 0 radical (unpaired) electrons. The summed E-state index contributed by atoms with van der Waals surface area (Å²) in [4.78, 5) is 0. The zero-order valence-electron chi connectivity index (χ0n) is 44.6. The Kier molecular flexibility index (Phi) is 21.4. The Morgan fingerprint density at radius 3 is 1.12 bits per heavy atom. The van der Waals surface area contributed by atoms with Crippen molar-refractivity contribution in [2.24, 2.45) is 0 Å². The van der Waals surface area contributed by atoms with Crippen LogP contribution >= 0.6 is 8.53 Å². The molecule has 7 nitrogen and oxygen atoms in total. The van der Waals surface area contributed by atoms with Crippen molar-refractivity contribution in [3.8, 4) is 41.6 Å². The lowest BCUT2D eigenvalue weighted by molar-refractivity contribution is 0.0992. The predicted molar refractivity (Wildman–Crippen MR) is 319 cm³/mol. The van der Waals surface area contributed by atoms with Gasteiger partial charge in [0, 0.05) is 48.0 Å². The molecule has 386 valence electrons. The SMILES string of the molecule is CC[C@@H](O)CC#Cc1c2ccccc2cc2ccccc12.CC[C@H](CC#Cc1c2ccccc2cc2ccccc12)OP(OCCC#N)N(C(C)C)C(C)C.OC[C@@H](O)CC#Cc1c2ccccc2cc2ccccc12. The number of aliphatic hydroxyl groups is 3. The molecule has 0 aliphatic carbocycles. The molecule has 9 rings (SSSR count). The third kappa shape index (κ3) is 14.8. The van der Waals surface area contributed by atoms with Crippen molar-refractivity contribution in [2.45, 2.75) is 110 Å². The molecule has 0 bridgehead atoms. The van der Waals surface area contributed by atoms with Crippen molar-refractivity contribution in [2.75, 3.05) is 13.2 Å². The molecule has 0 spiro atoms. The fourth-order valence-corrected chi connectivity index (χ4v) is 10.9. The Morgan fingerprint density at radius 2 is 0.816 bits per heavy atom. The van der Waals surface area contributed by atoms with Crippen LogP contribution in [0.3, 0.4) is 0 Å². The molecule has 3 N–H and O–H groups in total. The van der Waals surface area contributed by atoms with Crippen LogP contribution in [0.5, 0.6) is 0 Å². The van der Waals surface area contributed by atoms with Gasteiger partial charge in [0.2, 0.25) is 0 Å². The average molecular weight is 1030 g/mol. The van der Waals surface area contributed by atoms with E-state index in [2.05, 4.69) is 208 Å². The van der Waals surface area contributed by atoms with Crippen LogP contribution < -0.4 is 0 Å². The van der Waals surface area contributed by atoms with E-state index < -0.39 is 14.6 Å². The van der Waals surface area contributed by atoms with Crippen molar-refractivity contribution in [1.82, 2.24) is 4.67 Å². The van der Waals surface area contributed by atoms with E-state index in [-0.39, 0.29) is 37.3 Å². The number of benzene rings is 9. The molecule has 0 aliphatic heterocycles. The first-order chi connectivity index (χ1) is 37.0. The van der Waals surface area contributed by atoms with Gasteiger partial charge < -0.3 is 24.4 Å². The van der Waals surface area contributed by atoms with Gasteiger partial charge in [0.15, 0.2) is 0 Å². The van der Waals surface area contributed by atoms with Gasteiger partial charge in [-0.15, -0.1) is 0 Å². The predicted octanol–water partition coefficient (Wildman–Crippen LogP) is 15.4. The van der Waals surface area contributed by atoms with Gasteiger partial charge in [-0.1, -0.05) is 195 Å². The van der Waals surface area contributed by atoms with Gasteiger partial charge in [-0.25, -0.2) is 4.67 Å². The summed E-state index contributed by atoms with van der Waals surface area (Å²) in [7, 11) is -1.27. The summed E-state index contributed by atoms with van der Waals surface area (Å²) in [5.74, 6) is 19.5. The van der Waals surface area contributed by atoms with Crippen LogP contribution in [-0.4, -0.2) is 63.6 Å². The number of hydrogen-bond donors (Lipinski definition) is 3. The Balaban J connectivity index is 0.000000174. The maximum absolute atomic E-state index is 9.66. The minimum Gasteiger partial charge on any atom is -0.394 e. The lowest BCUT2D eigenvalue weighted by atomic mass is 9.97. The first-order valence-corrected chi connectivity index (χ1v) is 27.6. The van der Waals surface area contributed by atoms with Crippen LogP contribution in [0.4, 0.5) is 0 Å². The normalized spacial score (nSPS) is 12.6. The lowest BCUT2D eigenvalue weighted by Gasteiger charge is -2.37. The number of hydrogen-bond acceptors (Lipinski definition) is 7. The van der Waals surface area contributed by atoms with Crippen LogP contribution in [0.2, 0.25) is 0 Å². The van der Waals surface area contributed by atoms with E-state index in [1.807, 2.05) is 43.3 Å². The minimum absolute atomic E-state index is 0.0399. The zero-order valence-corrected chi connectivity index (χ0v) is 45.5. The number of rotatable bonds is 14. The molecule has 0 aromatic heterocycles. The first-order valence-electron chi connectivity index (χ1n) is 26.4. The molecule has 0 fully saturated rings. The zero-order chi connectivity index (χ0) is 53.8. The second kappa shape index (κ2) is 28.7. The largest absolute Gasteiger partial charge is 0.394 e. The van der Waals surface area contributed by atoms with E-state index in [9.17, 15) is 10.2 Å². The summed E-state index contributed by atoms with van der Waals surface area (Å²) >= 11 is 0. The van der Waals surface area contributed by atoms with Gasteiger partial charge in [0.05, 0.1) is 44.0 Å². The van der Waals surface area contributed by atoms with Crippen LogP contribution in [0.1, 0.15) is 96.8 Å². The number of aliphatic hydroxyl groups excluding tert-OH is 3. The van der Waals surface area contributed by atoms with Crippen molar-refractivity contribution < 1.29 is 24.4 Å². The Labute approximate surface area is 451 Å². The lowest BCUT2D eigenvalue weighted by Crippen LogP contribution is -2.34. The Morgan fingerprint density at radius 1 is 0.487 bits per heavy atom.